The zero-order chi connectivity index (χ0) is 25.7. The van der Waals surface area contributed by atoms with Crippen molar-refractivity contribution in [3.05, 3.63) is 83.9 Å². The summed E-state index contributed by atoms with van der Waals surface area (Å²) in [7, 11) is 0. The Bertz CT molecular complexity index is 1240. The van der Waals surface area contributed by atoms with Crippen LogP contribution in [0.3, 0.4) is 0 Å². The summed E-state index contributed by atoms with van der Waals surface area (Å²) in [6, 6.07) is 21.5. The molecule has 36 heavy (non-hydrogen) atoms. The van der Waals surface area contributed by atoms with Crippen molar-refractivity contribution >= 4 is 29.0 Å². The predicted octanol–water partition coefficient (Wildman–Crippen LogP) is 1.90. The minimum Gasteiger partial charge on any atom is -0.396 e. The van der Waals surface area contributed by atoms with Crippen LogP contribution in [0.4, 0.5) is 11.4 Å². The maximum atomic E-state index is 13.1. The lowest BCUT2D eigenvalue weighted by Crippen LogP contribution is -2.55. The van der Waals surface area contributed by atoms with Gasteiger partial charge in [-0.15, -0.1) is 0 Å². The normalized spacial score (nSPS) is 16.4. The molecule has 6 N–H and O–H groups in total. The van der Waals surface area contributed by atoms with Crippen LogP contribution in [0.5, 0.6) is 0 Å². The summed E-state index contributed by atoms with van der Waals surface area (Å²) < 4.78 is 5.48. The molecule has 3 aromatic rings. The molecule has 0 spiro atoms. The first-order valence-corrected chi connectivity index (χ1v) is 11.5. The number of carbonyl (C=O) groups is 2. The molecule has 0 bridgehead atoms. The summed E-state index contributed by atoms with van der Waals surface area (Å²) in [5.41, 5.74) is 9.94. The van der Waals surface area contributed by atoms with Gasteiger partial charge in [-0.3, -0.25) is 15.0 Å². The van der Waals surface area contributed by atoms with E-state index in [0.29, 0.717) is 23.4 Å². The first-order chi connectivity index (χ1) is 17.4. The molecule has 186 valence electrons. The molecule has 0 aliphatic carbocycles. The van der Waals surface area contributed by atoms with Crippen LogP contribution in [0.25, 0.3) is 11.1 Å². The van der Waals surface area contributed by atoms with Crippen molar-refractivity contribution in [3.8, 4) is 11.1 Å². The molecule has 1 heterocycles. The number of aliphatic hydroxyl groups is 2. The summed E-state index contributed by atoms with van der Waals surface area (Å²) in [5.74, 6) is -1.39. The molecule has 0 saturated carbocycles. The number of hydrogen-bond acceptors (Lipinski definition) is 6. The van der Waals surface area contributed by atoms with E-state index in [9.17, 15) is 19.8 Å². The van der Waals surface area contributed by atoms with Gasteiger partial charge in [0.25, 0.3) is 11.8 Å². The van der Waals surface area contributed by atoms with Gasteiger partial charge >= 0.3 is 0 Å². The number of hydrogen-bond donors (Lipinski definition) is 5. The fraction of sp³-hybridized carbons (Fsp3) is 0.222. The number of rotatable bonds is 8. The van der Waals surface area contributed by atoms with Gasteiger partial charge in [-0.2, -0.15) is 0 Å². The largest absolute Gasteiger partial charge is 0.396 e. The Hall–Kier alpha value is -4.05. The number of carbonyl (C=O) groups excluding carboxylic acids is 2. The van der Waals surface area contributed by atoms with Crippen LogP contribution < -0.4 is 16.0 Å². The third-order valence-corrected chi connectivity index (χ3v) is 6.03. The van der Waals surface area contributed by atoms with Crippen molar-refractivity contribution in [1.82, 2.24) is 0 Å². The lowest BCUT2D eigenvalue weighted by molar-refractivity contribution is -0.150. The summed E-state index contributed by atoms with van der Waals surface area (Å²) in [4.78, 5) is 27.2. The third-order valence-electron chi connectivity index (χ3n) is 6.03. The molecule has 0 unspecified atom stereocenters. The molecule has 3 aromatic carbocycles. The smallest absolute Gasteiger partial charge is 0.259 e. The molecule has 1 saturated heterocycles. The van der Waals surface area contributed by atoms with Gasteiger partial charge in [-0.05, 0) is 59.5 Å². The lowest BCUT2D eigenvalue weighted by Gasteiger charge is -2.34. The van der Waals surface area contributed by atoms with Gasteiger partial charge in [0.1, 0.15) is 5.84 Å². The van der Waals surface area contributed by atoms with Crippen LogP contribution >= 0.6 is 0 Å². The average molecular weight is 489 g/mol. The van der Waals surface area contributed by atoms with Crippen molar-refractivity contribution in [3.63, 3.8) is 0 Å². The number of nitrogens with two attached hydrogens (primary N) is 1. The van der Waals surface area contributed by atoms with E-state index in [1.54, 1.807) is 24.3 Å². The number of aliphatic hydroxyl groups excluding tert-OH is 2. The second-order valence-corrected chi connectivity index (χ2v) is 8.38. The van der Waals surface area contributed by atoms with Gasteiger partial charge in [0.05, 0.1) is 6.61 Å². The molecular weight excluding hydrogens is 460 g/mol. The maximum absolute atomic E-state index is 13.1. The molecule has 1 fully saturated rings. The predicted molar refractivity (Wildman–Crippen MR) is 137 cm³/mol. The maximum Gasteiger partial charge on any atom is 0.259 e. The Morgan fingerprint density at radius 1 is 1.11 bits per heavy atom. The summed E-state index contributed by atoms with van der Waals surface area (Å²) in [6.07, 6.45) is -2.51. The quantitative estimate of drug-likeness (QED) is 0.242. The number of nitrogen functional groups attached to an aromatic ring is 1. The average Bonchev–Trinajstić information content (AvgIpc) is 2.89. The van der Waals surface area contributed by atoms with E-state index < -0.39 is 24.0 Å². The van der Waals surface area contributed by atoms with Gasteiger partial charge in [0.15, 0.2) is 12.2 Å². The first-order valence-electron chi connectivity index (χ1n) is 11.5. The van der Waals surface area contributed by atoms with Gasteiger partial charge in [0, 0.05) is 30.1 Å². The fourth-order valence-corrected chi connectivity index (χ4v) is 4.14. The van der Waals surface area contributed by atoms with E-state index in [2.05, 4.69) is 5.32 Å². The summed E-state index contributed by atoms with van der Waals surface area (Å²) in [5, 5.41) is 29.9. The molecule has 1 aliphatic rings. The third kappa shape index (κ3) is 5.44. The Balaban J connectivity index is 1.45. The minimum atomic E-state index is -1.71. The van der Waals surface area contributed by atoms with E-state index in [0.717, 1.165) is 16.7 Å². The number of amides is 2. The minimum absolute atomic E-state index is 0.0540. The van der Waals surface area contributed by atoms with E-state index >= 15 is 0 Å². The van der Waals surface area contributed by atoms with Crippen LogP contribution in [-0.4, -0.2) is 59.8 Å². The Kier molecular flexibility index (Phi) is 7.74. The van der Waals surface area contributed by atoms with Gasteiger partial charge in [-0.25, -0.2) is 0 Å². The number of benzene rings is 3. The van der Waals surface area contributed by atoms with Gasteiger partial charge < -0.3 is 30.9 Å². The van der Waals surface area contributed by atoms with Crippen LogP contribution in [-0.2, 0) is 20.7 Å². The van der Waals surface area contributed by atoms with Crippen molar-refractivity contribution < 1.29 is 24.5 Å². The van der Waals surface area contributed by atoms with E-state index in [-0.39, 0.29) is 25.6 Å². The van der Waals surface area contributed by atoms with Crippen molar-refractivity contribution in [2.75, 3.05) is 30.0 Å². The highest BCUT2D eigenvalue weighted by atomic mass is 16.5. The topological polar surface area (TPSA) is 149 Å². The highest BCUT2D eigenvalue weighted by Crippen LogP contribution is 2.28. The highest BCUT2D eigenvalue weighted by molar-refractivity contribution is 6.04. The van der Waals surface area contributed by atoms with Gasteiger partial charge in [0.2, 0.25) is 0 Å². The zero-order valence-corrected chi connectivity index (χ0v) is 19.6. The summed E-state index contributed by atoms with van der Waals surface area (Å²) >= 11 is 0. The number of nitrogens with one attached hydrogen (secondary N) is 2. The van der Waals surface area contributed by atoms with Crippen LogP contribution in [0.1, 0.15) is 11.1 Å². The first kappa shape index (κ1) is 25.1. The van der Waals surface area contributed by atoms with Crippen molar-refractivity contribution in [2.24, 2.45) is 5.73 Å². The van der Waals surface area contributed by atoms with Gasteiger partial charge in [-0.1, -0.05) is 36.4 Å². The second-order valence-electron chi connectivity index (χ2n) is 8.38. The van der Waals surface area contributed by atoms with Crippen LogP contribution in [0.2, 0.25) is 0 Å². The molecule has 2 atom stereocenters. The van der Waals surface area contributed by atoms with Crippen LogP contribution in [0, 0.1) is 5.41 Å². The van der Waals surface area contributed by atoms with Crippen molar-refractivity contribution in [2.45, 2.75) is 18.6 Å². The number of nitrogens with zero attached hydrogens (tertiary/aromatic N) is 1. The SMILES string of the molecule is N=C(N)c1ccc(NC(=O)[C@H](O)[C@H]2OCCN(c3ccc(-c4ccccc4CCO)cc3)C2=O)cc1. The van der Waals surface area contributed by atoms with Crippen LogP contribution in [0.15, 0.2) is 72.8 Å². The second kappa shape index (κ2) is 11.1. The zero-order valence-electron chi connectivity index (χ0n) is 19.6. The molecule has 9 heteroatoms. The number of amidine groups is 1. The molecule has 1 aliphatic heterocycles. The van der Waals surface area contributed by atoms with Crippen molar-refractivity contribution in [1.29, 1.82) is 5.41 Å². The highest BCUT2D eigenvalue weighted by Gasteiger charge is 2.39. The fourth-order valence-electron chi connectivity index (χ4n) is 4.14. The summed E-state index contributed by atoms with van der Waals surface area (Å²) in [6.45, 7) is 0.504. The van der Waals surface area contributed by atoms with E-state index in [1.807, 2.05) is 48.5 Å². The molecule has 9 nitrogen and oxygen atoms in total. The molecule has 0 aromatic heterocycles. The Labute approximate surface area is 208 Å². The molecule has 4 rings (SSSR count). The molecular formula is C27H28N4O5. The number of ether oxygens (including phenoxy) is 1. The number of morpholine rings is 1. The Morgan fingerprint density at radius 3 is 2.47 bits per heavy atom. The monoisotopic (exact) mass is 488 g/mol. The Morgan fingerprint density at radius 2 is 1.81 bits per heavy atom. The van der Waals surface area contributed by atoms with E-state index in [1.165, 1.54) is 4.90 Å². The lowest BCUT2D eigenvalue weighted by atomic mass is 9.97. The molecule has 0 radical (unpaired) electrons. The van der Waals surface area contributed by atoms with E-state index in [4.69, 9.17) is 15.9 Å². The standard InChI is InChI=1S/C27H28N4O5/c28-25(29)19-5-9-20(10-6-19)30-26(34)23(33)24-27(35)31(14-16-36-24)21-11-7-18(8-12-21)22-4-2-1-3-17(22)13-15-32/h1-12,23-24,32-33H,13-16H2,(H3,28,29)(H,30,34)/t23-,24-/m1/s1. The molecule has 2 amide bonds. The number of anilines is 2.